The molecule has 5 nitrogen and oxygen atoms in total. The molecule has 0 aliphatic carbocycles. The molecule has 1 aromatic carbocycles. The molecule has 1 amide bonds. The van der Waals surface area contributed by atoms with Gasteiger partial charge in [-0.15, -0.1) is 0 Å². The van der Waals surface area contributed by atoms with Crippen molar-refractivity contribution in [3.8, 4) is 0 Å². The molecule has 2 rings (SSSR count). The van der Waals surface area contributed by atoms with Gasteiger partial charge in [0.2, 0.25) is 5.91 Å². The molecule has 0 atom stereocenters. The summed E-state index contributed by atoms with van der Waals surface area (Å²) < 4.78 is 22.0. The van der Waals surface area contributed by atoms with Crippen LogP contribution >= 0.6 is 11.6 Å². The van der Waals surface area contributed by atoms with Gasteiger partial charge in [-0.05, 0) is 30.2 Å². The van der Waals surface area contributed by atoms with Crippen molar-refractivity contribution in [3.63, 3.8) is 0 Å². The number of aromatic nitrogens is 1. The van der Waals surface area contributed by atoms with E-state index in [9.17, 15) is 13.2 Å². The second-order valence-electron chi connectivity index (χ2n) is 4.98. The van der Waals surface area contributed by atoms with Gasteiger partial charge in [-0.25, -0.2) is 8.42 Å². The van der Waals surface area contributed by atoms with E-state index in [1.165, 1.54) is 0 Å². The molecule has 0 spiro atoms. The minimum Gasteiger partial charge on any atom is -0.361 e. The van der Waals surface area contributed by atoms with Crippen LogP contribution in [0.25, 0.3) is 10.9 Å². The third kappa shape index (κ3) is 4.75. The number of amides is 1. The molecular weight excluding hydrogens is 312 g/mol. The van der Waals surface area contributed by atoms with Crippen LogP contribution in [0.5, 0.6) is 0 Å². The van der Waals surface area contributed by atoms with Crippen LogP contribution in [0.3, 0.4) is 0 Å². The maximum absolute atomic E-state index is 11.5. The van der Waals surface area contributed by atoms with Gasteiger partial charge in [0.05, 0.1) is 5.75 Å². The Morgan fingerprint density at radius 2 is 2.14 bits per heavy atom. The van der Waals surface area contributed by atoms with Crippen molar-refractivity contribution >= 4 is 38.2 Å². The summed E-state index contributed by atoms with van der Waals surface area (Å²) in [4.78, 5) is 14.7. The van der Waals surface area contributed by atoms with Gasteiger partial charge in [-0.3, -0.25) is 4.79 Å². The monoisotopic (exact) mass is 328 g/mol. The van der Waals surface area contributed by atoms with E-state index < -0.39 is 9.84 Å². The molecule has 0 saturated carbocycles. The van der Waals surface area contributed by atoms with E-state index in [0.717, 1.165) is 22.7 Å². The highest BCUT2D eigenvalue weighted by Crippen LogP contribution is 2.22. The van der Waals surface area contributed by atoms with E-state index in [1.807, 2.05) is 24.4 Å². The first-order valence-corrected chi connectivity index (χ1v) is 8.99. The van der Waals surface area contributed by atoms with Crippen LogP contribution in [-0.2, 0) is 21.1 Å². The summed E-state index contributed by atoms with van der Waals surface area (Å²) in [6.45, 7) is 0.460. The SMILES string of the molecule is CS(=O)(=O)CCC(=O)NCCc1c[nH]c2ccc(Cl)cc12. The number of benzene rings is 1. The van der Waals surface area contributed by atoms with Crippen molar-refractivity contribution in [2.24, 2.45) is 0 Å². The molecule has 0 aliphatic heterocycles. The summed E-state index contributed by atoms with van der Waals surface area (Å²) in [5.74, 6) is -0.375. The normalized spacial score (nSPS) is 11.7. The van der Waals surface area contributed by atoms with Crippen LogP contribution in [0.1, 0.15) is 12.0 Å². The lowest BCUT2D eigenvalue weighted by Gasteiger charge is -2.04. The van der Waals surface area contributed by atoms with Crippen molar-refractivity contribution < 1.29 is 13.2 Å². The minimum atomic E-state index is -3.10. The Hall–Kier alpha value is -1.53. The summed E-state index contributed by atoms with van der Waals surface area (Å²) in [5.41, 5.74) is 2.06. The van der Waals surface area contributed by atoms with E-state index in [4.69, 9.17) is 11.6 Å². The Labute approximate surface area is 128 Å². The van der Waals surface area contributed by atoms with Crippen molar-refractivity contribution in [1.29, 1.82) is 0 Å². The Kier molecular flexibility index (Phi) is 4.90. The number of H-pyrrole nitrogens is 1. The van der Waals surface area contributed by atoms with Crippen molar-refractivity contribution in [2.45, 2.75) is 12.8 Å². The molecule has 0 radical (unpaired) electrons. The highest BCUT2D eigenvalue weighted by molar-refractivity contribution is 7.90. The van der Waals surface area contributed by atoms with E-state index >= 15 is 0 Å². The topological polar surface area (TPSA) is 79.0 Å². The average molecular weight is 329 g/mol. The molecule has 0 bridgehead atoms. The molecule has 1 heterocycles. The summed E-state index contributed by atoms with van der Waals surface area (Å²) in [5, 5.41) is 4.42. The smallest absolute Gasteiger partial charge is 0.221 e. The molecule has 0 aliphatic rings. The molecule has 2 N–H and O–H groups in total. The lowest BCUT2D eigenvalue weighted by Crippen LogP contribution is -2.27. The largest absolute Gasteiger partial charge is 0.361 e. The van der Waals surface area contributed by atoms with Crippen LogP contribution in [-0.4, -0.2) is 37.9 Å². The lowest BCUT2D eigenvalue weighted by molar-refractivity contribution is -0.120. The average Bonchev–Trinajstić information content (AvgIpc) is 2.78. The van der Waals surface area contributed by atoms with Crippen molar-refractivity contribution in [3.05, 3.63) is 35.0 Å². The standard InChI is InChI=1S/C14H17ClN2O3S/c1-21(19,20)7-5-14(18)16-6-4-10-9-17-13-3-2-11(15)8-12(10)13/h2-3,8-9,17H,4-7H2,1H3,(H,16,18). The van der Waals surface area contributed by atoms with Gasteiger partial charge in [0.25, 0.3) is 0 Å². The first-order valence-electron chi connectivity index (χ1n) is 6.55. The molecule has 0 unspecified atom stereocenters. The maximum atomic E-state index is 11.5. The number of hydrogen-bond acceptors (Lipinski definition) is 3. The third-order valence-corrected chi connectivity index (χ3v) is 4.33. The third-order valence-electron chi connectivity index (χ3n) is 3.15. The molecule has 114 valence electrons. The lowest BCUT2D eigenvalue weighted by atomic mass is 10.1. The van der Waals surface area contributed by atoms with E-state index in [-0.39, 0.29) is 18.1 Å². The Bertz CT molecular complexity index is 753. The fourth-order valence-electron chi connectivity index (χ4n) is 2.06. The van der Waals surface area contributed by atoms with Gasteiger partial charge in [0.1, 0.15) is 9.84 Å². The highest BCUT2D eigenvalue weighted by atomic mass is 35.5. The zero-order valence-electron chi connectivity index (χ0n) is 11.6. The molecule has 0 fully saturated rings. The van der Waals surface area contributed by atoms with Crippen LogP contribution in [0.2, 0.25) is 5.02 Å². The predicted octanol–water partition coefficient (Wildman–Crippen LogP) is 1.91. The van der Waals surface area contributed by atoms with Gasteiger partial charge in [0.15, 0.2) is 0 Å². The van der Waals surface area contributed by atoms with Crippen LogP contribution < -0.4 is 5.32 Å². The molecule has 7 heteroatoms. The summed E-state index contributed by atoms with van der Waals surface area (Å²) in [7, 11) is -3.10. The number of fused-ring (bicyclic) bond motifs is 1. The van der Waals surface area contributed by atoms with Gasteiger partial charge in [0, 0.05) is 41.3 Å². The number of halogens is 1. The first-order chi connectivity index (χ1) is 9.85. The summed E-state index contributed by atoms with van der Waals surface area (Å²) in [6, 6.07) is 5.61. The van der Waals surface area contributed by atoms with Gasteiger partial charge in [-0.2, -0.15) is 0 Å². The zero-order valence-corrected chi connectivity index (χ0v) is 13.2. The number of carbonyl (C=O) groups excluding carboxylic acids is 1. The molecule has 21 heavy (non-hydrogen) atoms. The van der Waals surface area contributed by atoms with Gasteiger partial charge in [-0.1, -0.05) is 11.6 Å². The van der Waals surface area contributed by atoms with Crippen LogP contribution in [0.4, 0.5) is 0 Å². The minimum absolute atomic E-state index is 0.00144. The number of nitrogens with one attached hydrogen (secondary N) is 2. The summed E-state index contributed by atoms with van der Waals surface area (Å²) >= 11 is 5.98. The summed E-state index contributed by atoms with van der Waals surface area (Å²) in [6.07, 6.45) is 3.67. The van der Waals surface area contributed by atoms with E-state index in [2.05, 4.69) is 10.3 Å². The fraction of sp³-hybridized carbons (Fsp3) is 0.357. The Morgan fingerprint density at radius 1 is 1.38 bits per heavy atom. The number of hydrogen-bond donors (Lipinski definition) is 2. The molecule has 2 aromatic rings. The van der Waals surface area contributed by atoms with Crippen molar-refractivity contribution in [2.75, 3.05) is 18.6 Å². The number of rotatable bonds is 6. The van der Waals surface area contributed by atoms with Crippen molar-refractivity contribution in [1.82, 2.24) is 10.3 Å². The van der Waals surface area contributed by atoms with Crippen LogP contribution in [0, 0.1) is 0 Å². The van der Waals surface area contributed by atoms with Crippen LogP contribution in [0.15, 0.2) is 24.4 Å². The maximum Gasteiger partial charge on any atom is 0.221 e. The Morgan fingerprint density at radius 3 is 2.86 bits per heavy atom. The Balaban J connectivity index is 1.88. The fourth-order valence-corrected chi connectivity index (χ4v) is 2.79. The number of carbonyl (C=O) groups is 1. The quantitative estimate of drug-likeness (QED) is 0.850. The molecular formula is C14H17ClN2O3S. The molecule has 0 saturated heterocycles. The van der Waals surface area contributed by atoms with Gasteiger partial charge < -0.3 is 10.3 Å². The molecule has 1 aromatic heterocycles. The highest BCUT2D eigenvalue weighted by Gasteiger charge is 2.08. The zero-order chi connectivity index (χ0) is 15.5. The number of aromatic amines is 1. The first kappa shape index (κ1) is 15.9. The predicted molar refractivity (Wildman–Crippen MR) is 84.4 cm³/mol. The second kappa shape index (κ2) is 6.49. The second-order valence-corrected chi connectivity index (χ2v) is 7.68. The van der Waals surface area contributed by atoms with Gasteiger partial charge >= 0.3 is 0 Å². The van der Waals surface area contributed by atoms with E-state index in [1.54, 1.807) is 0 Å². The van der Waals surface area contributed by atoms with E-state index in [0.29, 0.717) is 18.0 Å². The number of sulfone groups is 1.